The van der Waals surface area contributed by atoms with Gasteiger partial charge in [0, 0.05) is 0 Å². The zero-order valence-electron chi connectivity index (χ0n) is 8.53. The van der Waals surface area contributed by atoms with E-state index in [4.69, 9.17) is 0 Å². The predicted octanol–water partition coefficient (Wildman–Crippen LogP) is -2.95. The normalized spacial score (nSPS) is 40.2. The lowest BCUT2D eigenvalue weighted by molar-refractivity contribution is -0.349. The van der Waals surface area contributed by atoms with Crippen LogP contribution in [-0.2, 0) is 13.8 Å². The summed E-state index contributed by atoms with van der Waals surface area (Å²) in [6.07, 6.45) is -1.67. The van der Waals surface area contributed by atoms with Crippen LogP contribution in [0.5, 0.6) is 0 Å². The molecule has 0 aromatic carbocycles. The minimum Gasteiger partial charge on any atom is -0.790 e. The number of aliphatic hydroxyl groups excluding tert-OH is 1. The summed E-state index contributed by atoms with van der Waals surface area (Å²) in [6, 6.07) is 0. The summed E-state index contributed by atoms with van der Waals surface area (Å²) >= 11 is 0. The summed E-state index contributed by atoms with van der Waals surface area (Å²) in [6.45, 7) is 0.110. The lowest BCUT2D eigenvalue weighted by Gasteiger charge is -2.35. The van der Waals surface area contributed by atoms with Crippen molar-refractivity contribution in [2.45, 2.75) is 30.8 Å². The van der Waals surface area contributed by atoms with Crippen molar-refractivity contribution in [3.8, 4) is 0 Å². The van der Waals surface area contributed by atoms with Gasteiger partial charge < -0.3 is 38.9 Å². The van der Waals surface area contributed by atoms with Crippen LogP contribution in [0, 0.1) is 0 Å². The molecule has 0 aromatic heterocycles. The highest BCUT2D eigenvalue weighted by atomic mass is 31.2. The van der Waals surface area contributed by atoms with Gasteiger partial charge in [-0.05, 0) is 6.42 Å². The molecule has 1 aliphatic heterocycles. The Balaban J connectivity index is 2.70. The monoisotopic (exact) mass is 256 g/mol. The van der Waals surface area contributed by atoms with Crippen molar-refractivity contribution < 1.29 is 38.9 Å². The Morgan fingerprint density at radius 2 is 2.12 bits per heavy atom. The van der Waals surface area contributed by atoms with E-state index in [1.807, 2.05) is 0 Å². The van der Waals surface area contributed by atoms with Gasteiger partial charge in [-0.1, -0.05) is 6.92 Å². The maximum atomic E-state index is 10.2. The molecule has 96 valence electrons. The van der Waals surface area contributed by atoms with Gasteiger partial charge in [0.15, 0.2) is 0 Å². The molecule has 0 radical (unpaired) electrons. The van der Waals surface area contributed by atoms with E-state index in [1.54, 1.807) is 6.92 Å². The van der Waals surface area contributed by atoms with Gasteiger partial charge in [-0.25, -0.2) is 0 Å². The van der Waals surface area contributed by atoms with Crippen LogP contribution in [0.1, 0.15) is 13.3 Å². The summed E-state index contributed by atoms with van der Waals surface area (Å²) in [5, 5.41) is 28.9. The molecule has 0 aliphatic carbocycles. The van der Waals surface area contributed by atoms with Crippen LogP contribution in [0.3, 0.4) is 0 Å². The first-order valence-corrected chi connectivity index (χ1v) is 6.02. The molecule has 16 heavy (non-hydrogen) atoms. The van der Waals surface area contributed by atoms with E-state index in [0.29, 0.717) is 0 Å². The average molecular weight is 256 g/mol. The van der Waals surface area contributed by atoms with E-state index in [-0.39, 0.29) is 13.0 Å². The molecule has 3 N–H and O–H groups in total. The molecule has 8 nitrogen and oxygen atoms in total. The molecule has 0 amide bonds. The number of hydrogen-bond acceptors (Lipinski definition) is 8. The fourth-order valence-electron chi connectivity index (χ4n) is 1.42. The first kappa shape index (κ1) is 14.0. The minimum absolute atomic E-state index is 0.0862. The van der Waals surface area contributed by atoms with Crippen LogP contribution in [0.4, 0.5) is 0 Å². The number of phosphoric ester groups is 1. The molecule has 9 heteroatoms. The third-order valence-corrected chi connectivity index (χ3v) is 3.00. The Labute approximate surface area is 91.7 Å². The van der Waals surface area contributed by atoms with Crippen LogP contribution in [0.15, 0.2) is 0 Å². The smallest absolute Gasteiger partial charge is 0.219 e. The fourth-order valence-corrected chi connectivity index (χ4v) is 1.76. The third kappa shape index (κ3) is 2.79. The quantitative estimate of drug-likeness (QED) is 0.453. The molecule has 1 heterocycles. The zero-order valence-corrected chi connectivity index (χ0v) is 9.42. The molecular formula is C7H13O8P-2. The lowest BCUT2D eigenvalue weighted by atomic mass is 9.92. The Morgan fingerprint density at radius 1 is 1.56 bits per heavy atom. The molecular weight excluding hydrogens is 243 g/mol. The topological polar surface area (TPSA) is 142 Å². The van der Waals surface area contributed by atoms with E-state index < -0.39 is 31.9 Å². The lowest BCUT2D eigenvalue weighted by Crippen LogP contribution is -2.52. The van der Waals surface area contributed by atoms with Gasteiger partial charge in [0.1, 0.15) is 18.3 Å². The van der Waals surface area contributed by atoms with Gasteiger partial charge in [0.25, 0.3) is 0 Å². The molecule has 1 fully saturated rings. The number of phosphoric acid groups is 1. The third-order valence-electron chi connectivity index (χ3n) is 2.55. The average Bonchev–Trinajstić information content (AvgIpc) is 2.41. The fraction of sp³-hybridized carbons (Fsp3) is 1.00. The summed E-state index contributed by atoms with van der Waals surface area (Å²) < 4.78 is 18.7. The largest absolute Gasteiger partial charge is 0.790 e. The van der Waals surface area contributed by atoms with Crippen molar-refractivity contribution in [1.82, 2.24) is 0 Å². The Kier molecular flexibility index (Phi) is 3.78. The molecule has 0 bridgehead atoms. The van der Waals surface area contributed by atoms with Crippen molar-refractivity contribution in [1.29, 1.82) is 0 Å². The van der Waals surface area contributed by atoms with Crippen LogP contribution in [0.2, 0.25) is 0 Å². The maximum Gasteiger partial charge on any atom is 0.219 e. The first-order valence-electron chi connectivity index (χ1n) is 4.56. The van der Waals surface area contributed by atoms with Gasteiger partial charge >= 0.3 is 0 Å². The number of ether oxygens (including phenoxy) is 1. The first-order chi connectivity index (χ1) is 7.13. The molecule has 0 saturated carbocycles. The van der Waals surface area contributed by atoms with Gasteiger partial charge in [0.2, 0.25) is 5.79 Å². The second-order valence-electron chi connectivity index (χ2n) is 3.71. The second kappa shape index (κ2) is 4.32. The van der Waals surface area contributed by atoms with Gasteiger partial charge in [-0.2, -0.15) is 0 Å². The Bertz CT molecular complexity index is 303. The Hall–Kier alpha value is -0.0500. The van der Waals surface area contributed by atoms with Gasteiger partial charge in [0.05, 0.1) is 14.4 Å². The van der Waals surface area contributed by atoms with Crippen molar-refractivity contribution >= 4 is 7.82 Å². The summed E-state index contributed by atoms with van der Waals surface area (Å²) in [4.78, 5) is 20.4. The highest BCUT2D eigenvalue weighted by Gasteiger charge is 2.56. The van der Waals surface area contributed by atoms with Crippen LogP contribution < -0.4 is 9.79 Å². The molecule has 0 spiro atoms. The highest BCUT2D eigenvalue weighted by Crippen LogP contribution is 2.37. The van der Waals surface area contributed by atoms with Crippen LogP contribution in [0.25, 0.3) is 0 Å². The zero-order chi connectivity index (χ0) is 12.6. The number of aliphatic hydroxyl groups is 3. The standard InChI is InChI=1S/C7H15O8P/c1-2-6(9)3-14-7(10,5(6)8)4-15-16(11,12)13/h5,8-10H,2-4H2,1H3,(H2,11,12,13)/p-2/t5-,6-,7?/m1/s1. The van der Waals surface area contributed by atoms with E-state index in [1.165, 1.54) is 0 Å². The minimum atomic E-state index is -5.27. The highest BCUT2D eigenvalue weighted by molar-refractivity contribution is 7.43. The molecule has 1 unspecified atom stereocenters. The molecule has 1 aliphatic rings. The molecule has 1 saturated heterocycles. The molecule has 0 aromatic rings. The van der Waals surface area contributed by atoms with Crippen LogP contribution >= 0.6 is 7.82 Å². The summed E-state index contributed by atoms with van der Waals surface area (Å²) in [7, 11) is -5.27. The number of hydrogen-bond donors (Lipinski definition) is 3. The predicted molar refractivity (Wildman–Crippen MR) is 45.7 cm³/mol. The second-order valence-corrected chi connectivity index (χ2v) is 4.87. The van der Waals surface area contributed by atoms with E-state index in [0.717, 1.165) is 0 Å². The van der Waals surface area contributed by atoms with E-state index in [9.17, 15) is 29.7 Å². The maximum absolute atomic E-state index is 10.2. The van der Waals surface area contributed by atoms with Gasteiger partial charge in [-0.3, -0.25) is 0 Å². The van der Waals surface area contributed by atoms with Crippen molar-refractivity contribution in [2.24, 2.45) is 0 Å². The van der Waals surface area contributed by atoms with E-state index >= 15 is 0 Å². The van der Waals surface area contributed by atoms with Crippen molar-refractivity contribution in [3.63, 3.8) is 0 Å². The van der Waals surface area contributed by atoms with E-state index in [2.05, 4.69) is 9.26 Å². The summed E-state index contributed by atoms with van der Waals surface area (Å²) in [5.74, 6) is -2.39. The summed E-state index contributed by atoms with van der Waals surface area (Å²) in [5.41, 5.74) is -1.69. The number of rotatable bonds is 4. The van der Waals surface area contributed by atoms with Crippen LogP contribution in [-0.4, -0.2) is 46.0 Å². The Morgan fingerprint density at radius 3 is 2.50 bits per heavy atom. The van der Waals surface area contributed by atoms with Crippen molar-refractivity contribution in [3.05, 3.63) is 0 Å². The van der Waals surface area contributed by atoms with Crippen molar-refractivity contribution in [2.75, 3.05) is 13.2 Å². The molecule has 1 rings (SSSR count). The SMILES string of the molecule is CC[C@@]1(O)COC(O)(COP(=O)([O-])[O-])[C@@H]1O. The molecule has 3 atom stereocenters. The van der Waals surface area contributed by atoms with Gasteiger partial charge in [-0.15, -0.1) is 0 Å².